The third-order valence-electron chi connectivity index (χ3n) is 1.04. The molecular weight excluding hydrogens is 195 g/mol. The molecule has 1 aromatic heterocycles. The van der Waals surface area contributed by atoms with E-state index in [1.807, 2.05) is 0 Å². The van der Waals surface area contributed by atoms with Crippen molar-refractivity contribution in [2.45, 2.75) is 11.6 Å². The van der Waals surface area contributed by atoms with Crippen LogP contribution in [-0.4, -0.2) is 8.42 Å². The van der Waals surface area contributed by atoms with E-state index in [1.165, 1.54) is 0 Å². The second-order valence-corrected chi connectivity index (χ2v) is 4.39. The van der Waals surface area contributed by atoms with Gasteiger partial charge in [-0.25, -0.2) is 12.8 Å². The van der Waals surface area contributed by atoms with E-state index < -0.39 is 15.7 Å². The lowest BCUT2D eigenvalue weighted by Crippen LogP contribution is -1.85. The van der Waals surface area contributed by atoms with Crippen molar-refractivity contribution in [1.82, 2.24) is 0 Å². The molecule has 1 aromatic rings. The van der Waals surface area contributed by atoms with Gasteiger partial charge in [-0.05, 0) is 0 Å². The summed E-state index contributed by atoms with van der Waals surface area (Å²) in [5.74, 6) is -0.0516. The molecule has 0 saturated heterocycles. The topological polar surface area (TPSA) is 47.3 Å². The molecule has 3 nitrogen and oxygen atoms in total. The zero-order chi connectivity index (χ0) is 8.48. The molecule has 0 aliphatic heterocycles. The van der Waals surface area contributed by atoms with Crippen LogP contribution in [0.5, 0.6) is 0 Å². The Morgan fingerprint density at radius 3 is 2.55 bits per heavy atom. The van der Waals surface area contributed by atoms with Crippen molar-refractivity contribution in [3.8, 4) is 0 Å². The molecule has 62 valence electrons. The molecule has 0 amide bonds. The third kappa shape index (κ3) is 1.94. The summed E-state index contributed by atoms with van der Waals surface area (Å²) in [6.45, 7) is -0.841. The normalized spacial score (nSPS) is 11.8. The zero-order valence-corrected chi connectivity index (χ0v) is 6.82. The SMILES string of the molecule is O=S(=O)(Cl)c1coc(CF)c1. The van der Waals surface area contributed by atoms with Gasteiger partial charge in [-0.15, -0.1) is 0 Å². The molecular formula is C5H4ClFO3S. The van der Waals surface area contributed by atoms with E-state index in [2.05, 4.69) is 4.42 Å². The molecule has 0 aliphatic carbocycles. The van der Waals surface area contributed by atoms with Crippen LogP contribution in [-0.2, 0) is 15.7 Å². The fraction of sp³-hybridized carbons (Fsp3) is 0.200. The minimum absolute atomic E-state index is 0.0516. The van der Waals surface area contributed by atoms with Gasteiger partial charge in [0.2, 0.25) is 0 Å². The molecule has 0 atom stereocenters. The smallest absolute Gasteiger partial charge is 0.264 e. The van der Waals surface area contributed by atoms with Crippen molar-refractivity contribution in [2.75, 3.05) is 0 Å². The molecule has 0 unspecified atom stereocenters. The summed E-state index contributed by atoms with van der Waals surface area (Å²) in [5, 5.41) is 0. The Kier molecular flexibility index (Phi) is 2.20. The Bertz CT molecular complexity index is 342. The minimum atomic E-state index is -3.78. The van der Waals surface area contributed by atoms with Crippen LogP contribution in [0.4, 0.5) is 4.39 Å². The minimum Gasteiger partial charge on any atom is -0.465 e. The first-order valence-electron chi connectivity index (χ1n) is 2.62. The molecule has 0 aliphatic rings. The number of halogens is 2. The molecule has 1 rings (SSSR count). The van der Waals surface area contributed by atoms with Crippen LogP contribution in [0.1, 0.15) is 5.76 Å². The Hall–Kier alpha value is -0.550. The van der Waals surface area contributed by atoms with Gasteiger partial charge in [0.15, 0.2) is 0 Å². The van der Waals surface area contributed by atoms with Crippen LogP contribution in [0.2, 0.25) is 0 Å². The van der Waals surface area contributed by atoms with Crippen molar-refractivity contribution in [3.63, 3.8) is 0 Å². The average Bonchev–Trinajstić information content (AvgIpc) is 2.32. The average molecular weight is 199 g/mol. The van der Waals surface area contributed by atoms with E-state index in [4.69, 9.17) is 10.7 Å². The van der Waals surface area contributed by atoms with Crippen molar-refractivity contribution in [1.29, 1.82) is 0 Å². The lowest BCUT2D eigenvalue weighted by atomic mass is 10.5. The quantitative estimate of drug-likeness (QED) is 0.680. The van der Waals surface area contributed by atoms with E-state index in [0.29, 0.717) is 0 Å². The van der Waals surface area contributed by atoms with E-state index in [9.17, 15) is 12.8 Å². The van der Waals surface area contributed by atoms with E-state index >= 15 is 0 Å². The first-order valence-corrected chi connectivity index (χ1v) is 4.93. The van der Waals surface area contributed by atoms with Gasteiger partial charge in [0.05, 0.1) is 0 Å². The molecule has 0 N–H and O–H groups in total. The lowest BCUT2D eigenvalue weighted by molar-refractivity contribution is 0.392. The maximum atomic E-state index is 11.8. The van der Waals surface area contributed by atoms with Gasteiger partial charge in [-0.2, -0.15) is 0 Å². The first kappa shape index (κ1) is 8.55. The zero-order valence-electron chi connectivity index (χ0n) is 5.25. The number of hydrogen-bond donors (Lipinski definition) is 0. The maximum Gasteiger partial charge on any atom is 0.264 e. The second kappa shape index (κ2) is 2.83. The van der Waals surface area contributed by atoms with Crippen LogP contribution < -0.4 is 0 Å². The van der Waals surface area contributed by atoms with Gasteiger partial charge >= 0.3 is 0 Å². The molecule has 6 heteroatoms. The van der Waals surface area contributed by atoms with Crippen molar-refractivity contribution in [3.05, 3.63) is 18.1 Å². The lowest BCUT2D eigenvalue weighted by Gasteiger charge is -1.82. The summed E-state index contributed by atoms with van der Waals surface area (Å²) in [6, 6.07) is 1.04. The molecule has 0 spiro atoms. The van der Waals surface area contributed by atoms with Crippen LogP contribution in [0.25, 0.3) is 0 Å². The molecule has 0 radical (unpaired) electrons. The van der Waals surface area contributed by atoms with Gasteiger partial charge < -0.3 is 4.42 Å². The number of alkyl halides is 1. The van der Waals surface area contributed by atoms with E-state index in [1.54, 1.807) is 0 Å². The highest BCUT2D eigenvalue weighted by Gasteiger charge is 2.13. The molecule has 0 fully saturated rings. The third-order valence-corrected chi connectivity index (χ3v) is 2.35. The summed E-state index contributed by atoms with van der Waals surface area (Å²) in [6.07, 6.45) is 0.900. The predicted octanol–water partition coefficient (Wildman–Crippen LogP) is 1.68. The van der Waals surface area contributed by atoms with E-state index in [-0.39, 0.29) is 10.7 Å². The fourth-order valence-electron chi connectivity index (χ4n) is 0.558. The predicted molar refractivity (Wildman–Crippen MR) is 36.6 cm³/mol. The van der Waals surface area contributed by atoms with Crippen molar-refractivity contribution < 1.29 is 17.2 Å². The highest BCUT2D eigenvalue weighted by atomic mass is 35.7. The monoisotopic (exact) mass is 198 g/mol. The molecule has 0 aromatic carbocycles. The molecule has 11 heavy (non-hydrogen) atoms. The highest BCUT2D eigenvalue weighted by Crippen LogP contribution is 2.18. The summed E-state index contributed by atoms with van der Waals surface area (Å²) in [4.78, 5) is -0.216. The van der Waals surface area contributed by atoms with Gasteiger partial charge in [-0.1, -0.05) is 0 Å². The highest BCUT2D eigenvalue weighted by molar-refractivity contribution is 8.13. The summed E-state index contributed by atoms with van der Waals surface area (Å²) in [7, 11) is 1.14. The van der Waals surface area contributed by atoms with Crippen LogP contribution in [0.3, 0.4) is 0 Å². The van der Waals surface area contributed by atoms with Gasteiger partial charge in [0.25, 0.3) is 9.05 Å². The van der Waals surface area contributed by atoms with Gasteiger partial charge in [-0.3, -0.25) is 0 Å². The molecule has 1 heterocycles. The number of rotatable bonds is 2. The second-order valence-electron chi connectivity index (χ2n) is 1.82. The first-order chi connectivity index (χ1) is 5.04. The summed E-state index contributed by atoms with van der Waals surface area (Å²) >= 11 is 0. The molecule has 0 bridgehead atoms. The molecule has 0 saturated carbocycles. The number of hydrogen-bond acceptors (Lipinski definition) is 3. The van der Waals surface area contributed by atoms with Crippen molar-refractivity contribution >= 4 is 19.7 Å². The van der Waals surface area contributed by atoms with Gasteiger partial charge in [0.1, 0.15) is 23.6 Å². The van der Waals surface area contributed by atoms with E-state index in [0.717, 1.165) is 12.3 Å². The Balaban J connectivity index is 3.09. The Morgan fingerprint density at radius 2 is 2.27 bits per heavy atom. The Labute approximate surface area is 67.2 Å². The van der Waals surface area contributed by atoms with Crippen LogP contribution in [0.15, 0.2) is 21.6 Å². The standard InChI is InChI=1S/C5H4ClFO3S/c6-11(8,9)5-1-4(2-7)10-3-5/h1,3H,2H2. The fourth-order valence-corrected chi connectivity index (χ4v) is 1.24. The summed E-state index contributed by atoms with van der Waals surface area (Å²) in [5.41, 5.74) is 0. The Morgan fingerprint density at radius 1 is 1.64 bits per heavy atom. The summed E-state index contributed by atoms with van der Waals surface area (Å²) < 4.78 is 37.4. The van der Waals surface area contributed by atoms with Crippen LogP contribution in [0, 0.1) is 0 Å². The number of furan rings is 1. The van der Waals surface area contributed by atoms with Gasteiger partial charge in [0, 0.05) is 16.7 Å². The largest absolute Gasteiger partial charge is 0.465 e. The van der Waals surface area contributed by atoms with Crippen molar-refractivity contribution in [2.24, 2.45) is 0 Å². The van der Waals surface area contributed by atoms with Crippen LogP contribution >= 0.6 is 10.7 Å². The maximum absolute atomic E-state index is 11.8.